The Kier molecular flexibility index (Phi) is 4.81. The van der Waals surface area contributed by atoms with Crippen LogP contribution < -0.4 is 16.0 Å². The normalized spacial score (nSPS) is 12.2. The van der Waals surface area contributed by atoms with Crippen molar-refractivity contribution in [3.8, 4) is 5.75 Å². The third-order valence-corrected chi connectivity index (χ3v) is 4.16. The first-order valence-electron chi connectivity index (χ1n) is 6.43. The highest BCUT2D eigenvalue weighted by molar-refractivity contribution is 9.10. The summed E-state index contributed by atoms with van der Waals surface area (Å²) >= 11 is 3.51. The Hall–Kier alpha value is -1.36. The number of rotatable bonds is 4. The van der Waals surface area contributed by atoms with Crippen molar-refractivity contribution in [1.82, 2.24) is 5.43 Å². The summed E-state index contributed by atoms with van der Waals surface area (Å²) in [6.07, 6.45) is 0. The van der Waals surface area contributed by atoms with E-state index in [1.807, 2.05) is 18.2 Å². The monoisotopic (exact) mass is 334 g/mol. The number of hydrogen-bond acceptors (Lipinski definition) is 3. The van der Waals surface area contributed by atoms with Crippen LogP contribution >= 0.6 is 15.9 Å². The molecule has 2 aromatic carbocycles. The molecule has 0 fully saturated rings. The molecule has 2 rings (SSSR count). The zero-order valence-corrected chi connectivity index (χ0v) is 13.5. The molecular weight excluding hydrogens is 316 g/mol. The molecule has 0 aliphatic rings. The van der Waals surface area contributed by atoms with Gasteiger partial charge in [0, 0.05) is 0 Å². The quantitative estimate of drug-likeness (QED) is 0.663. The van der Waals surface area contributed by atoms with Gasteiger partial charge in [-0.25, -0.2) is 5.43 Å². The van der Waals surface area contributed by atoms with E-state index < -0.39 is 0 Å². The predicted octanol–water partition coefficient (Wildman–Crippen LogP) is 3.63. The molecular formula is C16H19BrN2O. The first-order chi connectivity index (χ1) is 9.56. The third-order valence-electron chi connectivity index (χ3n) is 3.54. The minimum atomic E-state index is -0.0449. The highest BCUT2D eigenvalue weighted by atomic mass is 79.9. The van der Waals surface area contributed by atoms with Crippen molar-refractivity contribution in [3.63, 3.8) is 0 Å². The van der Waals surface area contributed by atoms with Crippen molar-refractivity contribution < 1.29 is 4.74 Å². The van der Waals surface area contributed by atoms with Gasteiger partial charge in [0.15, 0.2) is 0 Å². The Morgan fingerprint density at radius 1 is 1.05 bits per heavy atom. The van der Waals surface area contributed by atoms with E-state index in [2.05, 4.69) is 53.4 Å². The Bertz CT molecular complexity index is 613. The summed E-state index contributed by atoms with van der Waals surface area (Å²) < 4.78 is 6.17. The lowest BCUT2D eigenvalue weighted by Crippen LogP contribution is -2.28. The molecule has 2 aromatic rings. The van der Waals surface area contributed by atoms with E-state index in [0.717, 1.165) is 21.3 Å². The molecule has 0 aliphatic carbocycles. The van der Waals surface area contributed by atoms with E-state index in [0.29, 0.717) is 0 Å². The molecule has 0 aliphatic heterocycles. The molecule has 4 heteroatoms. The molecule has 20 heavy (non-hydrogen) atoms. The molecule has 0 saturated heterocycles. The van der Waals surface area contributed by atoms with E-state index >= 15 is 0 Å². The molecule has 3 nitrogen and oxygen atoms in total. The number of nitrogens with two attached hydrogens (primary N) is 1. The molecule has 0 radical (unpaired) electrons. The Labute approximate surface area is 128 Å². The second-order valence-corrected chi connectivity index (χ2v) is 5.69. The number of hydrogen-bond donors (Lipinski definition) is 2. The van der Waals surface area contributed by atoms with Gasteiger partial charge in [0.2, 0.25) is 0 Å². The van der Waals surface area contributed by atoms with Crippen molar-refractivity contribution in [2.75, 3.05) is 7.11 Å². The number of halogens is 1. The largest absolute Gasteiger partial charge is 0.496 e. The van der Waals surface area contributed by atoms with Crippen LogP contribution in [0.3, 0.4) is 0 Å². The van der Waals surface area contributed by atoms with Gasteiger partial charge in [-0.3, -0.25) is 5.84 Å². The van der Waals surface area contributed by atoms with Gasteiger partial charge < -0.3 is 4.74 Å². The van der Waals surface area contributed by atoms with E-state index in [1.165, 1.54) is 11.1 Å². The van der Waals surface area contributed by atoms with Crippen LogP contribution in [0.2, 0.25) is 0 Å². The zero-order valence-electron chi connectivity index (χ0n) is 11.9. The van der Waals surface area contributed by atoms with Gasteiger partial charge in [-0.15, -0.1) is 0 Å². The molecule has 0 bridgehead atoms. The van der Waals surface area contributed by atoms with E-state index in [-0.39, 0.29) is 6.04 Å². The summed E-state index contributed by atoms with van der Waals surface area (Å²) in [4.78, 5) is 0. The maximum absolute atomic E-state index is 5.75. The van der Waals surface area contributed by atoms with Crippen molar-refractivity contribution >= 4 is 15.9 Å². The van der Waals surface area contributed by atoms with Crippen LogP contribution in [0.1, 0.15) is 28.3 Å². The maximum atomic E-state index is 5.75. The first-order valence-corrected chi connectivity index (χ1v) is 7.23. The average molecular weight is 335 g/mol. The van der Waals surface area contributed by atoms with Gasteiger partial charge in [0.25, 0.3) is 0 Å². The molecule has 106 valence electrons. The minimum Gasteiger partial charge on any atom is -0.496 e. The highest BCUT2D eigenvalue weighted by Gasteiger charge is 2.14. The topological polar surface area (TPSA) is 47.3 Å². The molecule has 1 atom stereocenters. The number of benzene rings is 2. The molecule has 0 saturated carbocycles. The van der Waals surface area contributed by atoms with E-state index in [9.17, 15) is 0 Å². The van der Waals surface area contributed by atoms with Crippen LogP contribution in [0.15, 0.2) is 40.9 Å². The Morgan fingerprint density at radius 2 is 1.70 bits per heavy atom. The zero-order chi connectivity index (χ0) is 14.7. The van der Waals surface area contributed by atoms with Gasteiger partial charge in [0.1, 0.15) is 5.75 Å². The van der Waals surface area contributed by atoms with Crippen LogP contribution in [0.5, 0.6) is 5.75 Å². The van der Waals surface area contributed by atoms with Crippen molar-refractivity contribution in [3.05, 3.63) is 63.1 Å². The Balaban J connectivity index is 2.41. The summed E-state index contributed by atoms with van der Waals surface area (Å²) in [6.45, 7) is 4.21. The second kappa shape index (κ2) is 6.39. The molecule has 0 amide bonds. The van der Waals surface area contributed by atoms with Gasteiger partial charge in [0.05, 0.1) is 17.6 Å². The summed E-state index contributed by atoms with van der Waals surface area (Å²) in [5, 5.41) is 0. The van der Waals surface area contributed by atoms with Gasteiger partial charge in [-0.05, 0) is 64.2 Å². The lowest BCUT2D eigenvalue weighted by atomic mass is 9.96. The molecule has 0 heterocycles. The number of methoxy groups -OCH3 is 1. The fourth-order valence-electron chi connectivity index (χ4n) is 2.19. The smallest absolute Gasteiger partial charge is 0.133 e. The van der Waals surface area contributed by atoms with E-state index in [1.54, 1.807) is 7.11 Å². The molecule has 3 N–H and O–H groups in total. The third kappa shape index (κ3) is 3.03. The van der Waals surface area contributed by atoms with Crippen molar-refractivity contribution in [2.45, 2.75) is 19.9 Å². The maximum Gasteiger partial charge on any atom is 0.133 e. The number of hydrazine groups is 1. The standard InChI is InChI=1S/C16H19BrN2O/c1-10-4-5-12(8-11(10)2)16(19-18)13-6-7-15(20-3)14(17)9-13/h4-9,16,19H,18H2,1-3H3. The second-order valence-electron chi connectivity index (χ2n) is 4.84. The Morgan fingerprint density at radius 3 is 2.25 bits per heavy atom. The van der Waals surface area contributed by atoms with Crippen LogP contribution in [0.25, 0.3) is 0 Å². The van der Waals surface area contributed by atoms with Crippen LogP contribution in [0.4, 0.5) is 0 Å². The summed E-state index contributed by atoms with van der Waals surface area (Å²) in [7, 11) is 1.65. The summed E-state index contributed by atoms with van der Waals surface area (Å²) in [5.74, 6) is 6.56. The minimum absolute atomic E-state index is 0.0449. The molecule has 0 spiro atoms. The highest BCUT2D eigenvalue weighted by Crippen LogP contribution is 2.30. The molecule has 0 aromatic heterocycles. The lowest BCUT2D eigenvalue weighted by Gasteiger charge is -2.19. The van der Waals surface area contributed by atoms with Crippen LogP contribution in [0, 0.1) is 13.8 Å². The fourth-order valence-corrected chi connectivity index (χ4v) is 2.75. The summed E-state index contributed by atoms with van der Waals surface area (Å²) in [5.41, 5.74) is 7.65. The first kappa shape index (κ1) is 15.0. The van der Waals surface area contributed by atoms with Gasteiger partial charge in [-0.2, -0.15) is 0 Å². The molecule has 1 unspecified atom stereocenters. The van der Waals surface area contributed by atoms with Crippen LogP contribution in [-0.2, 0) is 0 Å². The van der Waals surface area contributed by atoms with Gasteiger partial charge in [-0.1, -0.05) is 24.3 Å². The van der Waals surface area contributed by atoms with E-state index in [4.69, 9.17) is 10.6 Å². The number of aryl methyl sites for hydroxylation is 2. The fraction of sp³-hybridized carbons (Fsp3) is 0.250. The van der Waals surface area contributed by atoms with Crippen LogP contribution in [-0.4, -0.2) is 7.11 Å². The van der Waals surface area contributed by atoms with Crippen molar-refractivity contribution in [2.24, 2.45) is 5.84 Å². The average Bonchev–Trinajstić information content (AvgIpc) is 2.44. The number of ether oxygens (including phenoxy) is 1. The number of nitrogens with one attached hydrogen (secondary N) is 1. The summed E-state index contributed by atoms with van der Waals surface area (Å²) in [6, 6.07) is 12.3. The van der Waals surface area contributed by atoms with Crippen molar-refractivity contribution in [1.29, 1.82) is 0 Å². The predicted molar refractivity (Wildman–Crippen MR) is 85.8 cm³/mol. The SMILES string of the molecule is COc1ccc(C(NN)c2ccc(C)c(C)c2)cc1Br. The van der Waals surface area contributed by atoms with Gasteiger partial charge >= 0.3 is 0 Å². The lowest BCUT2D eigenvalue weighted by molar-refractivity contribution is 0.411.